The standard InChI is InChI=1S/C16H16ClF/c17-12-15(9-13-5-2-1-3-6-13)10-14-7-4-8-16(18)11-14/h1-8,11,15H,9-10,12H2. The first-order valence-corrected chi connectivity index (χ1v) is 6.65. The lowest BCUT2D eigenvalue weighted by atomic mass is 9.94. The first-order chi connectivity index (χ1) is 8.78. The molecule has 2 aromatic rings. The van der Waals surface area contributed by atoms with Crippen LogP contribution in [0.4, 0.5) is 4.39 Å². The van der Waals surface area contributed by atoms with E-state index in [4.69, 9.17) is 11.6 Å². The maximum Gasteiger partial charge on any atom is 0.123 e. The molecule has 18 heavy (non-hydrogen) atoms. The average molecular weight is 263 g/mol. The van der Waals surface area contributed by atoms with E-state index in [-0.39, 0.29) is 5.82 Å². The van der Waals surface area contributed by atoms with E-state index < -0.39 is 0 Å². The predicted octanol–water partition coefficient (Wildman–Crippen LogP) is 4.47. The zero-order valence-corrected chi connectivity index (χ0v) is 10.9. The van der Waals surface area contributed by atoms with Crippen LogP contribution < -0.4 is 0 Å². The summed E-state index contributed by atoms with van der Waals surface area (Å²) >= 11 is 6.01. The highest BCUT2D eigenvalue weighted by atomic mass is 35.5. The van der Waals surface area contributed by atoms with Crippen LogP contribution in [0.1, 0.15) is 11.1 Å². The van der Waals surface area contributed by atoms with Crippen LogP contribution in [-0.2, 0) is 12.8 Å². The Morgan fingerprint density at radius 2 is 1.56 bits per heavy atom. The van der Waals surface area contributed by atoms with Gasteiger partial charge in [-0.3, -0.25) is 0 Å². The molecule has 0 radical (unpaired) electrons. The van der Waals surface area contributed by atoms with Crippen LogP contribution in [0.2, 0.25) is 0 Å². The van der Waals surface area contributed by atoms with Crippen LogP contribution >= 0.6 is 11.6 Å². The summed E-state index contributed by atoms with van der Waals surface area (Å²) in [7, 11) is 0. The Bertz CT molecular complexity index is 481. The minimum absolute atomic E-state index is 0.180. The molecular formula is C16H16ClF. The first-order valence-electron chi connectivity index (χ1n) is 6.12. The summed E-state index contributed by atoms with van der Waals surface area (Å²) in [6.45, 7) is 0. The summed E-state index contributed by atoms with van der Waals surface area (Å²) in [5.41, 5.74) is 2.29. The molecule has 2 aromatic carbocycles. The summed E-state index contributed by atoms with van der Waals surface area (Å²) in [4.78, 5) is 0. The second-order valence-corrected chi connectivity index (χ2v) is 4.85. The van der Waals surface area contributed by atoms with Gasteiger partial charge in [0.05, 0.1) is 0 Å². The lowest BCUT2D eigenvalue weighted by molar-refractivity contribution is 0.576. The lowest BCUT2D eigenvalue weighted by Gasteiger charge is -2.14. The fourth-order valence-corrected chi connectivity index (χ4v) is 2.34. The highest BCUT2D eigenvalue weighted by molar-refractivity contribution is 6.18. The number of halogens is 2. The topological polar surface area (TPSA) is 0 Å². The molecule has 1 unspecified atom stereocenters. The van der Waals surface area contributed by atoms with Gasteiger partial charge >= 0.3 is 0 Å². The fraction of sp³-hybridized carbons (Fsp3) is 0.250. The molecule has 2 heteroatoms. The Morgan fingerprint density at radius 1 is 0.889 bits per heavy atom. The lowest BCUT2D eigenvalue weighted by Crippen LogP contribution is -2.10. The van der Waals surface area contributed by atoms with E-state index in [1.165, 1.54) is 11.6 Å². The highest BCUT2D eigenvalue weighted by Crippen LogP contribution is 2.16. The van der Waals surface area contributed by atoms with Gasteiger partial charge in [0.25, 0.3) is 0 Å². The van der Waals surface area contributed by atoms with Gasteiger partial charge in [0.2, 0.25) is 0 Å². The molecule has 0 aliphatic carbocycles. The van der Waals surface area contributed by atoms with Crippen molar-refractivity contribution < 1.29 is 4.39 Å². The third-order valence-electron chi connectivity index (χ3n) is 3.00. The largest absolute Gasteiger partial charge is 0.207 e. The Labute approximate surface area is 112 Å². The molecule has 0 bridgehead atoms. The molecule has 0 aliphatic heterocycles. The predicted molar refractivity (Wildman–Crippen MR) is 74.5 cm³/mol. The van der Waals surface area contributed by atoms with Gasteiger partial charge in [-0.2, -0.15) is 0 Å². The molecule has 0 saturated heterocycles. The molecule has 1 atom stereocenters. The van der Waals surface area contributed by atoms with Crippen LogP contribution in [0.5, 0.6) is 0 Å². The summed E-state index contributed by atoms with van der Waals surface area (Å²) in [6.07, 6.45) is 1.75. The summed E-state index contributed by atoms with van der Waals surface area (Å²) < 4.78 is 13.1. The van der Waals surface area contributed by atoms with E-state index in [1.54, 1.807) is 12.1 Å². The maximum absolute atomic E-state index is 13.1. The van der Waals surface area contributed by atoms with Gasteiger partial charge < -0.3 is 0 Å². The molecule has 0 heterocycles. The van der Waals surface area contributed by atoms with E-state index >= 15 is 0 Å². The highest BCUT2D eigenvalue weighted by Gasteiger charge is 2.10. The van der Waals surface area contributed by atoms with Crippen molar-refractivity contribution in [1.82, 2.24) is 0 Å². The zero-order valence-electron chi connectivity index (χ0n) is 10.2. The van der Waals surface area contributed by atoms with Crippen LogP contribution in [-0.4, -0.2) is 5.88 Å². The van der Waals surface area contributed by atoms with Gasteiger partial charge in [0, 0.05) is 5.88 Å². The van der Waals surface area contributed by atoms with E-state index in [1.807, 2.05) is 24.3 Å². The molecular weight excluding hydrogens is 247 g/mol. The summed E-state index contributed by atoms with van der Waals surface area (Å²) in [5.74, 6) is 0.752. The Hall–Kier alpha value is -1.34. The van der Waals surface area contributed by atoms with Gasteiger partial charge in [-0.25, -0.2) is 4.39 Å². The van der Waals surface area contributed by atoms with E-state index in [9.17, 15) is 4.39 Å². The average Bonchev–Trinajstić information content (AvgIpc) is 2.39. The van der Waals surface area contributed by atoms with E-state index in [2.05, 4.69) is 12.1 Å². The second kappa shape index (κ2) is 6.55. The molecule has 0 amide bonds. The first kappa shape index (κ1) is 13.1. The van der Waals surface area contributed by atoms with Crippen LogP contribution in [0.25, 0.3) is 0 Å². The summed E-state index contributed by atoms with van der Waals surface area (Å²) in [5, 5.41) is 0. The van der Waals surface area contributed by atoms with Crippen LogP contribution in [0, 0.1) is 11.7 Å². The van der Waals surface area contributed by atoms with E-state index in [0.29, 0.717) is 11.8 Å². The Morgan fingerprint density at radius 3 is 2.22 bits per heavy atom. The van der Waals surface area contributed by atoms with Crippen molar-refractivity contribution in [2.24, 2.45) is 5.92 Å². The molecule has 94 valence electrons. The van der Waals surface area contributed by atoms with Crippen molar-refractivity contribution in [3.63, 3.8) is 0 Å². The van der Waals surface area contributed by atoms with Crippen LogP contribution in [0.3, 0.4) is 0 Å². The Kier molecular flexibility index (Phi) is 4.77. The number of rotatable bonds is 5. The van der Waals surface area contributed by atoms with Crippen molar-refractivity contribution in [2.75, 3.05) is 5.88 Å². The molecule has 2 rings (SSSR count). The van der Waals surface area contributed by atoms with Crippen molar-refractivity contribution >= 4 is 11.6 Å². The maximum atomic E-state index is 13.1. The van der Waals surface area contributed by atoms with Gasteiger partial charge in [0.15, 0.2) is 0 Å². The third-order valence-corrected chi connectivity index (χ3v) is 3.44. The normalized spacial score (nSPS) is 12.3. The third kappa shape index (κ3) is 3.85. The quantitative estimate of drug-likeness (QED) is 0.698. The zero-order chi connectivity index (χ0) is 12.8. The smallest absolute Gasteiger partial charge is 0.123 e. The monoisotopic (exact) mass is 262 g/mol. The molecule has 0 nitrogen and oxygen atoms in total. The van der Waals surface area contributed by atoms with Gasteiger partial charge in [-0.05, 0) is 42.0 Å². The van der Waals surface area contributed by atoms with Crippen molar-refractivity contribution in [3.8, 4) is 0 Å². The minimum atomic E-state index is -0.180. The van der Waals surface area contributed by atoms with Crippen molar-refractivity contribution in [3.05, 3.63) is 71.5 Å². The molecule has 0 fully saturated rings. The summed E-state index contributed by atoms with van der Waals surface area (Å²) in [6, 6.07) is 17.0. The fourth-order valence-electron chi connectivity index (χ4n) is 2.13. The number of alkyl halides is 1. The number of benzene rings is 2. The van der Waals surface area contributed by atoms with Crippen molar-refractivity contribution in [2.45, 2.75) is 12.8 Å². The number of hydrogen-bond acceptors (Lipinski definition) is 0. The van der Waals surface area contributed by atoms with Gasteiger partial charge in [-0.15, -0.1) is 11.6 Å². The molecule has 0 saturated carbocycles. The molecule has 0 spiro atoms. The second-order valence-electron chi connectivity index (χ2n) is 4.54. The van der Waals surface area contributed by atoms with Gasteiger partial charge in [-0.1, -0.05) is 42.5 Å². The van der Waals surface area contributed by atoms with E-state index in [0.717, 1.165) is 18.4 Å². The molecule has 0 N–H and O–H groups in total. The number of hydrogen-bond donors (Lipinski definition) is 0. The minimum Gasteiger partial charge on any atom is -0.207 e. The molecule has 0 aromatic heterocycles. The van der Waals surface area contributed by atoms with Gasteiger partial charge in [0.1, 0.15) is 5.82 Å². The molecule has 0 aliphatic rings. The SMILES string of the molecule is Fc1cccc(CC(CCl)Cc2ccccc2)c1. The van der Waals surface area contributed by atoms with Crippen molar-refractivity contribution in [1.29, 1.82) is 0 Å². The Balaban J connectivity index is 2.01. The van der Waals surface area contributed by atoms with Crippen LogP contribution in [0.15, 0.2) is 54.6 Å².